The zero-order chi connectivity index (χ0) is 11.4. The predicted molar refractivity (Wildman–Crippen MR) is 66.9 cm³/mol. The van der Waals surface area contributed by atoms with Crippen molar-refractivity contribution in [1.82, 2.24) is 9.97 Å². The number of nitrogens with zero attached hydrogens (tertiary/aromatic N) is 2. The molecule has 16 heavy (non-hydrogen) atoms. The van der Waals surface area contributed by atoms with Gasteiger partial charge in [0.1, 0.15) is 12.1 Å². The van der Waals surface area contributed by atoms with Gasteiger partial charge in [-0.3, -0.25) is 0 Å². The first-order valence-corrected chi connectivity index (χ1v) is 6.40. The van der Waals surface area contributed by atoms with Crippen LogP contribution >= 0.6 is 11.6 Å². The Balaban J connectivity index is 2.11. The molecule has 2 rings (SSSR count). The number of hydrogen-bond acceptors (Lipinski definition) is 3. The highest BCUT2D eigenvalue weighted by atomic mass is 35.5. The van der Waals surface area contributed by atoms with Gasteiger partial charge in [-0.25, -0.2) is 9.97 Å². The summed E-state index contributed by atoms with van der Waals surface area (Å²) in [5.74, 6) is 1.55. The highest BCUT2D eigenvalue weighted by Crippen LogP contribution is 2.32. The molecular weight excluding hydrogens is 222 g/mol. The fourth-order valence-electron chi connectivity index (χ4n) is 2.32. The normalized spacial score (nSPS) is 19.4. The molecule has 1 aromatic heterocycles. The Labute approximate surface area is 102 Å². The van der Waals surface area contributed by atoms with Crippen LogP contribution in [0.4, 0.5) is 5.82 Å². The molecule has 1 aromatic rings. The Morgan fingerprint density at radius 3 is 2.69 bits per heavy atom. The highest BCUT2D eigenvalue weighted by Gasteiger charge is 2.31. The van der Waals surface area contributed by atoms with Crippen molar-refractivity contribution in [2.75, 3.05) is 11.2 Å². The second-order valence-electron chi connectivity index (χ2n) is 4.64. The van der Waals surface area contributed by atoms with E-state index in [1.807, 2.05) is 13.0 Å². The number of hydrogen-bond donors (Lipinski definition) is 1. The van der Waals surface area contributed by atoms with E-state index in [2.05, 4.69) is 15.3 Å². The summed E-state index contributed by atoms with van der Waals surface area (Å²) in [4.78, 5) is 8.34. The van der Waals surface area contributed by atoms with Crippen LogP contribution in [0.2, 0.25) is 0 Å². The molecule has 4 heteroatoms. The van der Waals surface area contributed by atoms with E-state index in [9.17, 15) is 0 Å². The van der Waals surface area contributed by atoms with Gasteiger partial charge in [0.2, 0.25) is 0 Å². The monoisotopic (exact) mass is 239 g/mol. The van der Waals surface area contributed by atoms with E-state index in [1.165, 1.54) is 19.3 Å². The molecule has 0 saturated heterocycles. The van der Waals surface area contributed by atoms with E-state index in [-0.39, 0.29) is 5.54 Å². The van der Waals surface area contributed by atoms with Crippen LogP contribution in [-0.2, 0) is 0 Å². The molecule has 3 nitrogen and oxygen atoms in total. The number of halogens is 1. The van der Waals surface area contributed by atoms with Crippen molar-refractivity contribution in [1.29, 1.82) is 0 Å². The maximum Gasteiger partial charge on any atom is 0.130 e. The molecule has 0 atom stereocenters. The number of alkyl halides is 1. The van der Waals surface area contributed by atoms with Crippen LogP contribution in [0.25, 0.3) is 0 Å². The lowest BCUT2D eigenvalue weighted by Crippen LogP contribution is -2.42. The lowest BCUT2D eigenvalue weighted by Gasteiger charge is -2.36. The van der Waals surface area contributed by atoms with E-state index < -0.39 is 0 Å². The summed E-state index contributed by atoms with van der Waals surface area (Å²) in [5, 5.41) is 3.50. The van der Waals surface area contributed by atoms with Gasteiger partial charge in [0.05, 0.1) is 5.54 Å². The predicted octanol–water partition coefficient (Wildman–Crippen LogP) is 3.14. The van der Waals surface area contributed by atoms with Crippen molar-refractivity contribution < 1.29 is 0 Å². The van der Waals surface area contributed by atoms with Gasteiger partial charge >= 0.3 is 0 Å². The summed E-state index contributed by atoms with van der Waals surface area (Å²) in [7, 11) is 0. The van der Waals surface area contributed by atoms with E-state index in [4.69, 9.17) is 11.6 Å². The minimum Gasteiger partial charge on any atom is -0.363 e. The van der Waals surface area contributed by atoms with Gasteiger partial charge in [-0.1, -0.05) is 19.3 Å². The second kappa shape index (κ2) is 5.00. The molecule has 0 unspecified atom stereocenters. The van der Waals surface area contributed by atoms with Gasteiger partial charge in [0.25, 0.3) is 0 Å². The van der Waals surface area contributed by atoms with Gasteiger partial charge in [-0.15, -0.1) is 11.6 Å². The van der Waals surface area contributed by atoms with Crippen molar-refractivity contribution in [2.24, 2.45) is 0 Å². The lowest BCUT2D eigenvalue weighted by molar-refractivity contribution is 0.352. The van der Waals surface area contributed by atoms with E-state index in [1.54, 1.807) is 6.33 Å². The topological polar surface area (TPSA) is 37.8 Å². The Morgan fingerprint density at radius 2 is 2.06 bits per heavy atom. The fraction of sp³-hybridized carbons (Fsp3) is 0.667. The van der Waals surface area contributed by atoms with Crippen molar-refractivity contribution in [3.8, 4) is 0 Å². The maximum absolute atomic E-state index is 6.12. The van der Waals surface area contributed by atoms with Gasteiger partial charge in [-0.05, 0) is 19.8 Å². The first-order valence-electron chi connectivity index (χ1n) is 5.87. The third-order valence-corrected chi connectivity index (χ3v) is 3.78. The quantitative estimate of drug-likeness (QED) is 0.824. The first-order chi connectivity index (χ1) is 7.74. The van der Waals surface area contributed by atoms with Gasteiger partial charge in [-0.2, -0.15) is 0 Å². The smallest absolute Gasteiger partial charge is 0.130 e. The fourth-order valence-corrected chi connectivity index (χ4v) is 2.65. The highest BCUT2D eigenvalue weighted by molar-refractivity contribution is 6.18. The van der Waals surface area contributed by atoms with Crippen LogP contribution in [0.3, 0.4) is 0 Å². The maximum atomic E-state index is 6.12. The van der Waals surface area contributed by atoms with E-state index in [0.29, 0.717) is 5.88 Å². The third kappa shape index (κ3) is 2.64. The van der Waals surface area contributed by atoms with Crippen molar-refractivity contribution in [2.45, 2.75) is 44.6 Å². The van der Waals surface area contributed by atoms with Gasteiger partial charge in [0, 0.05) is 17.6 Å². The molecule has 1 aliphatic carbocycles. The molecule has 0 bridgehead atoms. The van der Waals surface area contributed by atoms with Crippen LogP contribution in [0.5, 0.6) is 0 Å². The summed E-state index contributed by atoms with van der Waals surface area (Å²) >= 11 is 6.12. The van der Waals surface area contributed by atoms with Gasteiger partial charge < -0.3 is 5.32 Å². The molecule has 0 aliphatic heterocycles. The van der Waals surface area contributed by atoms with Crippen LogP contribution in [-0.4, -0.2) is 21.4 Å². The Morgan fingerprint density at radius 1 is 1.31 bits per heavy atom. The molecule has 1 fully saturated rings. The molecule has 1 aliphatic rings. The number of aryl methyl sites for hydroxylation is 1. The summed E-state index contributed by atoms with van der Waals surface area (Å²) in [5.41, 5.74) is 1.03. The SMILES string of the molecule is Cc1cc(NC2(CCl)CCCCC2)ncn1. The second-order valence-corrected chi connectivity index (χ2v) is 4.91. The Hall–Kier alpha value is -0.830. The summed E-state index contributed by atoms with van der Waals surface area (Å²) < 4.78 is 0. The van der Waals surface area contributed by atoms with Crippen LogP contribution in [0.15, 0.2) is 12.4 Å². The number of anilines is 1. The number of aromatic nitrogens is 2. The number of nitrogens with one attached hydrogen (secondary N) is 1. The molecular formula is C12H18ClN3. The average molecular weight is 240 g/mol. The summed E-state index contributed by atoms with van der Waals surface area (Å²) in [6.07, 6.45) is 7.71. The van der Waals surface area contributed by atoms with E-state index in [0.717, 1.165) is 24.4 Å². The van der Waals surface area contributed by atoms with E-state index >= 15 is 0 Å². The Kier molecular flexibility index (Phi) is 3.64. The van der Waals surface area contributed by atoms with Crippen molar-refractivity contribution in [3.05, 3.63) is 18.1 Å². The molecule has 0 aromatic carbocycles. The standard InChI is InChI=1S/C12H18ClN3/c1-10-7-11(15-9-14-10)16-12(8-13)5-3-2-4-6-12/h7,9H,2-6,8H2,1H3,(H,14,15,16). The largest absolute Gasteiger partial charge is 0.363 e. The lowest BCUT2D eigenvalue weighted by atomic mass is 9.83. The zero-order valence-corrected chi connectivity index (χ0v) is 10.4. The third-order valence-electron chi connectivity index (χ3n) is 3.26. The molecule has 0 radical (unpaired) electrons. The van der Waals surface area contributed by atoms with Crippen molar-refractivity contribution in [3.63, 3.8) is 0 Å². The number of rotatable bonds is 3. The zero-order valence-electron chi connectivity index (χ0n) is 9.67. The molecule has 1 N–H and O–H groups in total. The first kappa shape index (κ1) is 11.6. The molecule has 0 amide bonds. The minimum atomic E-state index is 0.0423. The summed E-state index contributed by atoms with van der Waals surface area (Å²) in [6.45, 7) is 1.97. The average Bonchev–Trinajstić information content (AvgIpc) is 2.30. The van der Waals surface area contributed by atoms with Gasteiger partial charge in [0.15, 0.2) is 0 Å². The molecule has 1 heterocycles. The minimum absolute atomic E-state index is 0.0423. The molecule has 0 spiro atoms. The van der Waals surface area contributed by atoms with Crippen LogP contribution in [0.1, 0.15) is 37.8 Å². The Bertz CT molecular complexity index is 348. The summed E-state index contributed by atoms with van der Waals surface area (Å²) in [6, 6.07) is 1.98. The van der Waals surface area contributed by atoms with Crippen LogP contribution in [0, 0.1) is 6.92 Å². The van der Waals surface area contributed by atoms with Crippen LogP contribution < -0.4 is 5.32 Å². The molecule has 1 saturated carbocycles. The van der Waals surface area contributed by atoms with Crippen molar-refractivity contribution >= 4 is 17.4 Å². The molecule has 88 valence electrons.